The van der Waals surface area contributed by atoms with Crippen LogP contribution in [0.1, 0.15) is 42.2 Å². The summed E-state index contributed by atoms with van der Waals surface area (Å²) in [4.78, 5) is 14.0. The van der Waals surface area contributed by atoms with Gasteiger partial charge in [0, 0.05) is 4.88 Å². The predicted octanol–water partition coefficient (Wildman–Crippen LogP) is 4.12. The number of rotatable bonds is 5. The smallest absolute Gasteiger partial charge is 0.238 e. The molecule has 2 aromatic heterocycles. The lowest BCUT2D eigenvalue weighted by Crippen LogP contribution is -2.23. The molecule has 0 fully saturated rings. The first-order valence-corrected chi connectivity index (χ1v) is 11.3. The Hall–Kier alpha value is -2.77. The highest BCUT2D eigenvalue weighted by Crippen LogP contribution is 2.37. The van der Waals surface area contributed by atoms with Crippen molar-refractivity contribution in [3.05, 3.63) is 46.1 Å². The van der Waals surface area contributed by atoms with Crippen LogP contribution in [0.15, 0.2) is 29.4 Å². The second kappa shape index (κ2) is 8.93. The maximum absolute atomic E-state index is 13.5. The Bertz CT molecular complexity index is 1120. The molecule has 1 amide bonds. The molecule has 0 saturated heterocycles. The molecule has 7 nitrogen and oxygen atoms in total. The Labute approximate surface area is 181 Å². The number of nitriles is 1. The fourth-order valence-corrected chi connectivity index (χ4v) is 5.45. The van der Waals surface area contributed by atoms with Gasteiger partial charge in [-0.2, -0.15) is 9.94 Å². The zero-order chi connectivity index (χ0) is 21.1. The van der Waals surface area contributed by atoms with Crippen molar-refractivity contribution in [3.63, 3.8) is 0 Å². The molecule has 1 aliphatic rings. The molecule has 3 aromatic rings. The predicted molar refractivity (Wildman–Crippen MR) is 113 cm³/mol. The largest absolute Gasteiger partial charge is 0.316 e. The second-order valence-electron chi connectivity index (χ2n) is 6.98. The molecule has 1 aromatic carbocycles. The van der Waals surface area contributed by atoms with Gasteiger partial charge in [0.15, 0.2) is 0 Å². The molecule has 1 aliphatic carbocycles. The lowest BCUT2D eigenvalue weighted by Gasteiger charge is -2.11. The monoisotopic (exact) mass is 442 g/mol. The summed E-state index contributed by atoms with van der Waals surface area (Å²) in [6, 6.07) is 8.19. The summed E-state index contributed by atoms with van der Waals surface area (Å²) >= 11 is 2.67. The standard InChI is InChI=1S/C20H19FN6OS2/c1-12(29-20-24-25-26-27(20)14-7-5-6-13(21)10-14)18(28)23-19-16(11-22)15-8-3-2-4-9-17(15)30-19/h5-7,10,12H,2-4,8-9H2,1H3,(H,23,28)/t12-/m0/s1. The van der Waals surface area contributed by atoms with E-state index >= 15 is 0 Å². The summed E-state index contributed by atoms with van der Waals surface area (Å²) in [6.45, 7) is 1.75. The molecule has 0 bridgehead atoms. The van der Waals surface area contributed by atoms with Crippen LogP contribution in [-0.4, -0.2) is 31.4 Å². The molecule has 30 heavy (non-hydrogen) atoms. The molecular weight excluding hydrogens is 423 g/mol. The van der Waals surface area contributed by atoms with Crippen LogP contribution in [-0.2, 0) is 17.6 Å². The Morgan fingerprint density at radius 1 is 1.37 bits per heavy atom. The number of benzene rings is 1. The van der Waals surface area contributed by atoms with E-state index in [0.717, 1.165) is 31.2 Å². The number of nitrogens with zero attached hydrogens (tertiary/aromatic N) is 5. The molecule has 10 heteroatoms. The van der Waals surface area contributed by atoms with Crippen molar-refractivity contribution in [2.45, 2.75) is 49.4 Å². The van der Waals surface area contributed by atoms with Crippen molar-refractivity contribution >= 4 is 34.0 Å². The van der Waals surface area contributed by atoms with E-state index in [1.165, 1.54) is 51.2 Å². The van der Waals surface area contributed by atoms with E-state index < -0.39 is 11.1 Å². The number of anilines is 1. The van der Waals surface area contributed by atoms with E-state index in [-0.39, 0.29) is 5.91 Å². The van der Waals surface area contributed by atoms with E-state index in [1.807, 2.05) is 0 Å². The third-order valence-corrected chi connectivity index (χ3v) is 7.16. The molecule has 0 unspecified atom stereocenters. The van der Waals surface area contributed by atoms with Gasteiger partial charge >= 0.3 is 0 Å². The zero-order valence-electron chi connectivity index (χ0n) is 16.3. The van der Waals surface area contributed by atoms with Gasteiger partial charge in [-0.1, -0.05) is 24.2 Å². The first-order chi connectivity index (χ1) is 14.6. The minimum absolute atomic E-state index is 0.235. The second-order valence-corrected chi connectivity index (χ2v) is 9.40. The van der Waals surface area contributed by atoms with Crippen molar-refractivity contribution in [1.82, 2.24) is 20.2 Å². The summed E-state index contributed by atoms with van der Waals surface area (Å²) in [5.74, 6) is -0.632. The van der Waals surface area contributed by atoms with Crippen LogP contribution in [0, 0.1) is 17.1 Å². The minimum atomic E-state index is -0.517. The van der Waals surface area contributed by atoms with Crippen LogP contribution in [0.2, 0.25) is 0 Å². The molecule has 0 spiro atoms. The van der Waals surface area contributed by atoms with Crippen LogP contribution in [0.5, 0.6) is 0 Å². The van der Waals surface area contributed by atoms with Gasteiger partial charge < -0.3 is 5.32 Å². The van der Waals surface area contributed by atoms with Crippen molar-refractivity contribution in [1.29, 1.82) is 5.26 Å². The number of tetrazole rings is 1. The number of nitrogens with one attached hydrogen (secondary N) is 1. The highest BCUT2D eigenvalue weighted by molar-refractivity contribution is 8.00. The fraction of sp³-hybridized carbons (Fsp3) is 0.350. The molecule has 1 N–H and O–H groups in total. The number of aryl methyl sites for hydroxylation is 1. The Balaban J connectivity index is 1.50. The van der Waals surface area contributed by atoms with Gasteiger partial charge in [0.2, 0.25) is 11.1 Å². The molecule has 0 radical (unpaired) electrons. The van der Waals surface area contributed by atoms with Gasteiger partial charge in [-0.15, -0.1) is 16.4 Å². The molecule has 0 aliphatic heterocycles. The Morgan fingerprint density at radius 3 is 3.00 bits per heavy atom. The molecule has 4 rings (SSSR count). The average Bonchev–Trinajstić information content (AvgIpc) is 3.24. The van der Waals surface area contributed by atoms with Crippen LogP contribution in [0.25, 0.3) is 5.69 Å². The van der Waals surface area contributed by atoms with Crippen molar-refractivity contribution in [2.75, 3.05) is 5.32 Å². The van der Waals surface area contributed by atoms with E-state index in [4.69, 9.17) is 0 Å². The van der Waals surface area contributed by atoms with Crippen molar-refractivity contribution in [3.8, 4) is 11.8 Å². The van der Waals surface area contributed by atoms with Crippen LogP contribution < -0.4 is 5.32 Å². The Morgan fingerprint density at radius 2 is 2.20 bits per heavy atom. The third-order valence-electron chi connectivity index (χ3n) is 4.91. The van der Waals surface area contributed by atoms with Gasteiger partial charge in [-0.05, 0) is 66.8 Å². The van der Waals surface area contributed by atoms with Gasteiger partial charge in [-0.3, -0.25) is 4.79 Å². The summed E-state index contributed by atoms with van der Waals surface area (Å²) in [5, 5.41) is 24.6. The Kier molecular flexibility index (Phi) is 6.11. The van der Waals surface area contributed by atoms with E-state index in [9.17, 15) is 14.4 Å². The number of thiophene rings is 1. The summed E-state index contributed by atoms with van der Waals surface area (Å²) in [7, 11) is 0. The van der Waals surface area contributed by atoms with Gasteiger partial charge in [0.25, 0.3) is 0 Å². The first-order valence-electron chi connectivity index (χ1n) is 9.63. The highest BCUT2D eigenvalue weighted by Gasteiger charge is 2.24. The molecular formula is C20H19FN6OS2. The molecule has 0 saturated carbocycles. The number of carbonyl (C=O) groups is 1. The number of thioether (sulfide) groups is 1. The maximum atomic E-state index is 13.5. The van der Waals surface area contributed by atoms with Crippen LogP contribution in [0.3, 0.4) is 0 Å². The lowest BCUT2D eigenvalue weighted by molar-refractivity contribution is -0.115. The first kappa shape index (κ1) is 20.5. The van der Waals surface area contributed by atoms with E-state index in [1.54, 1.807) is 19.1 Å². The van der Waals surface area contributed by atoms with Crippen molar-refractivity contribution < 1.29 is 9.18 Å². The lowest BCUT2D eigenvalue weighted by atomic mass is 10.1. The topological polar surface area (TPSA) is 96.5 Å². The van der Waals surface area contributed by atoms with E-state index in [2.05, 4.69) is 26.9 Å². The van der Waals surface area contributed by atoms with Gasteiger partial charge in [0.1, 0.15) is 16.9 Å². The summed E-state index contributed by atoms with van der Waals surface area (Å²) < 4.78 is 14.9. The molecule has 2 heterocycles. The van der Waals surface area contributed by atoms with Gasteiger partial charge in [-0.25, -0.2) is 4.39 Å². The number of aromatic nitrogens is 4. The number of amides is 1. The van der Waals surface area contributed by atoms with Crippen LogP contribution >= 0.6 is 23.1 Å². The number of hydrogen-bond donors (Lipinski definition) is 1. The highest BCUT2D eigenvalue weighted by atomic mass is 32.2. The number of halogens is 1. The fourth-order valence-electron chi connectivity index (χ4n) is 3.40. The zero-order valence-corrected chi connectivity index (χ0v) is 17.9. The minimum Gasteiger partial charge on any atom is -0.316 e. The number of fused-ring (bicyclic) bond motifs is 1. The summed E-state index contributed by atoms with van der Waals surface area (Å²) in [6.07, 6.45) is 5.19. The maximum Gasteiger partial charge on any atom is 0.238 e. The third kappa shape index (κ3) is 4.22. The number of carbonyl (C=O) groups excluding carboxylic acids is 1. The van der Waals surface area contributed by atoms with Gasteiger partial charge in [0.05, 0.1) is 16.5 Å². The quantitative estimate of drug-likeness (QED) is 0.472. The molecule has 1 atom stereocenters. The SMILES string of the molecule is C[C@H](Sc1nnnn1-c1cccc(F)c1)C(=O)Nc1sc2c(c1C#N)CCCCC2. The van der Waals surface area contributed by atoms with E-state index in [0.29, 0.717) is 21.4 Å². The normalized spacial score (nSPS) is 14.4. The average molecular weight is 443 g/mol. The van der Waals surface area contributed by atoms with Crippen LogP contribution in [0.4, 0.5) is 9.39 Å². The molecule has 154 valence electrons. The summed E-state index contributed by atoms with van der Waals surface area (Å²) in [5.41, 5.74) is 2.15. The van der Waals surface area contributed by atoms with Crippen molar-refractivity contribution in [2.24, 2.45) is 0 Å². The number of hydrogen-bond acceptors (Lipinski definition) is 7.